The number of nitrogens with one attached hydrogen (secondary N) is 1. The van der Waals surface area contributed by atoms with Gasteiger partial charge in [0.1, 0.15) is 6.10 Å². The van der Waals surface area contributed by atoms with Gasteiger partial charge in [-0.15, -0.1) is 0 Å². The van der Waals surface area contributed by atoms with Crippen molar-refractivity contribution in [3.8, 4) is 0 Å². The fraction of sp³-hybridized carbons (Fsp3) is 0.909. The van der Waals surface area contributed by atoms with Crippen LogP contribution in [0.2, 0.25) is 0 Å². The summed E-state index contributed by atoms with van der Waals surface area (Å²) >= 11 is 0. The second-order valence-corrected chi connectivity index (χ2v) is 4.61. The van der Waals surface area contributed by atoms with Gasteiger partial charge in [-0.25, -0.2) is 0 Å². The molecule has 0 heterocycles. The molecule has 0 radical (unpaired) electrons. The summed E-state index contributed by atoms with van der Waals surface area (Å²) in [7, 11) is 1.56. The lowest BCUT2D eigenvalue weighted by Gasteiger charge is -2.21. The molecule has 3 nitrogen and oxygen atoms in total. The molecule has 0 bridgehead atoms. The van der Waals surface area contributed by atoms with Crippen molar-refractivity contribution in [1.82, 2.24) is 5.32 Å². The fourth-order valence-corrected chi connectivity index (χ4v) is 1.63. The highest BCUT2D eigenvalue weighted by Crippen LogP contribution is 2.51. The van der Waals surface area contributed by atoms with Gasteiger partial charge in [-0.1, -0.05) is 13.8 Å². The SMILES string of the molecule is COC(C)C(=O)NCC1(C(C)C)CC1. The lowest BCUT2D eigenvalue weighted by Crippen LogP contribution is -2.38. The van der Waals surface area contributed by atoms with E-state index in [9.17, 15) is 4.79 Å². The Bertz CT molecular complexity index is 209. The van der Waals surface area contributed by atoms with Crippen LogP contribution >= 0.6 is 0 Å². The first-order valence-electron chi connectivity index (χ1n) is 5.32. The molecule has 0 saturated heterocycles. The zero-order chi connectivity index (χ0) is 10.8. The van der Waals surface area contributed by atoms with E-state index >= 15 is 0 Å². The number of carbonyl (C=O) groups is 1. The van der Waals surface area contributed by atoms with Crippen LogP contribution < -0.4 is 5.32 Å². The summed E-state index contributed by atoms with van der Waals surface area (Å²) < 4.78 is 4.95. The van der Waals surface area contributed by atoms with Crippen LogP contribution in [0.25, 0.3) is 0 Å². The number of amides is 1. The molecule has 82 valence electrons. The molecular weight excluding hydrogens is 178 g/mol. The number of hydrogen-bond acceptors (Lipinski definition) is 2. The summed E-state index contributed by atoms with van der Waals surface area (Å²) in [5, 5.41) is 2.95. The van der Waals surface area contributed by atoms with Crippen molar-refractivity contribution in [2.45, 2.75) is 39.7 Å². The monoisotopic (exact) mass is 199 g/mol. The zero-order valence-electron chi connectivity index (χ0n) is 9.59. The fourth-order valence-electron chi connectivity index (χ4n) is 1.63. The quantitative estimate of drug-likeness (QED) is 0.730. The van der Waals surface area contributed by atoms with Crippen LogP contribution in [0.1, 0.15) is 33.6 Å². The second-order valence-electron chi connectivity index (χ2n) is 4.61. The van der Waals surface area contributed by atoms with E-state index in [1.807, 2.05) is 0 Å². The first-order chi connectivity index (χ1) is 6.52. The summed E-state index contributed by atoms with van der Waals surface area (Å²) in [6.07, 6.45) is 2.15. The minimum Gasteiger partial charge on any atom is -0.372 e. The predicted molar refractivity (Wildman–Crippen MR) is 56.0 cm³/mol. The van der Waals surface area contributed by atoms with Gasteiger partial charge in [0.25, 0.3) is 0 Å². The molecule has 0 aliphatic heterocycles. The standard InChI is InChI=1S/C11H21NO2/c1-8(2)11(5-6-11)7-12-10(13)9(3)14-4/h8-9H,5-7H2,1-4H3,(H,12,13). The summed E-state index contributed by atoms with van der Waals surface area (Å²) in [6, 6.07) is 0. The molecule has 0 spiro atoms. The van der Waals surface area contributed by atoms with Gasteiger partial charge in [0.2, 0.25) is 5.91 Å². The zero-order valence-corrected chi connectivity index (χ0v) is 9.59. The highest BCUT2D eigenvalue weighted by atomic mass is 16.5. The molecule has 1 unspecified atom stereocenters. The van der Waals surface area contributed by atoms with E-state index in [1.54, 1.807) is 14.0 Å². The van der Waals surface area contributed by atoms with E-state index in [0.717, 1.165) is 6.54 Å². The Kier molecular flexibility index (Phi) is 3.53. The van der Waals surface area contributed by atoms with Crippen molar-refractivity contribution in [2.24, 2.45) is 11.3 Å². The van der Waals surface area contributed by atoms with E-state index < -0.39 is 0 Å². The van der Waals surface area contributed by atoms with E-state index in [4.69, 9.17) is 4.74 Å². The molecule has 1 saturated carbocycles. The molecule has 1 N–H and O–H groups in total. The topological polar surface area (TPSA) is 38.3 Å². The average molecular weight is 199 g/mol. The van der Waals surface area contributed by atoms with Gasteiger partial charge in [0, 0.05) is 13.7 Å². The van der Waals surface area contributed by atoms with Crippen LogP contribution in [0.3, 0.4) is 0 Å². The lowest BCUT2D eigenvalue weighted by molar-refractivity contribution is -0.130. The largest absolute Gasteiger partial charge is 0.372 e. The molecule has 1 aliphatic rings. The number of methoxy groups -OCH3 is 1. The third-order valence-electron chi connectivity index (χ3n) is 3.45. The average Bonchev–Trinajstić information content (AvgIpc) is 2.93. The van der Waals surface area contributed by atoms with Gasteiger partial charge in [-0.3, -0.25) is 4.79 Å². The third-order valence-corrected chi connectivity index (χ3v) is 3.45. The maximum atomic E-state index is 11.4. The second kappa shape index (κ2) is 4.30. The van der Waals surface area contributed by atoms with Gasteiger partial charge < -0.3 is 10.1 Å². The normalized spacial score (nSPS) is 20.6. The minimum atomic E-state index is -0.335. The maximum absolute atomic E-state index is 11.4. The molecule has 1 amide bonds. The van der Waals surface area contributed by atoms with Crippen molar-refractivity contribution in [2.75, 3.05) is 13.7 Å². The van der Waals surface area contributed by atoms with Crippen LogP contribution in [0, 0.1) is 11.3 Å². The van der Waals surface area contributed by atoms with Crippen molar-refractivity contribution < 1.29 is 9.53 Å². The number of ether oxygens (including phenoxy) is 1. The molecule has 1 rings (SSSR count). The summed E-state index contributed by atoms with van der Waals surface area (Å²) in [4.78, 5) is 11.4. The van der Waals surface area contributed by atoms with E-state index in [2.05, 4.69) is 19.2 Å². The van der Waals surface area contributed by atoms with Crippen LogP contribution in [0.5, 0.6) is 0 Å². The molecule has 1 fully saturated rings. The smallest absolute Gasteiger partial charge is 0.248 e. The number of hydrogen-bond donors (Lipinski definition) is 1. The van der Waals surface area contributed by atoms with Crippen LogP contribution in [0.15, 0.2) is 0 Å². The van der Waals surface area contributed by atoms with E-state index in [0.29, 0.717) is 11.3 Å². The van der Waals surface area contributed by atoms with Crippen molar-refractivity contribution in [3.05, 3.63) is 0 Å². The van der Waals surface area contributed by atoms with Gasteiger partial charge >= 0.3 is 0 Å². The highest BCUT2D eigenvalue weighted by Gasteiger charge is 2.45. The van der Waals surface area contributed by atoms with Crippen molar-refractivity contribution in [3.63, 3.8) is 0 Å². The van der Waals surface area contributed by atoms with Gasteiger partial charge in [0.15, 0.2) is 0 Å². The van der Waals surface area contributed by atoms with E-state index in [1.165, 1.54) is 12.8 Å². The predicted octanol–water partition coefficient (Wildman–Crippen LogP) is 1.57. The van der Waals surface area contributed by atoms with Crippen molar-refractivity contribution >= 4 is 5.91 Å². The Labute approximate surface area is 86.2 Å². The lowest BCUT2D eigenvalue weighted by atomic mass is 9.92. The minimum absolute atomic E-state index is 0.000532. The van der Waals surface area contributed by atoms with Crippen LogP contribution in [-0.4, -0.2) is 25.7 Å². The van der Waals surface area contributed by atoms with Crippen LogP contribution in [0.4, 0.5) is 0 Å². The molecule has 0 aromatic carbocycles. The highest BCUT2D eigenvalue weighted by molar-refractivity contribution is 5.80. The Balaban J connectivity index is 2.30. The molecule has 14 heavy (non-hydrogen) atoms. The number of rotatable bonds is 5. The van der Waals surface area contributed by atoms with Gasteiger partial charge in [0.05, 0.1) is 0 Å². The summed E-state index contributed by atoms with van der Waals surface area (Å²) in [6.45, 7) is 7.01. The summed E-state index contributed by atoms with van der Waals surface area (Å²) in [5.41, 5.74) is 0.378. The third kappa shape index (κ3) is 2.47. The van der Waals surface area contributed by atoms with Crippen molar-refractivity contribution in [1.29, 1.82) is 0 Å². The Morgan fingerprint density at radius 1 is 1.43 bits per heavy atom. The molecule has 1 aliphatic carbocycles. The summed E-state index contributed by atoms with van der Waals surface area (Å²) in [5.74, 6) is 0.653. The number of carbonyl (C=O) groups excluding carboxylic acids is 1. The Morgan fingerprint density at radius 2 is 2.00 bits per heavy atom. The molecule has 0 aromatic heterocycles. The maximum Gasteiger partial charge on any atom is 0.248 e. The van der Waals surface area contributed by atoms with Gasteiger partial charge in [-0.05, 0) is 31.1 Å². The molecular formula is C11H21NO2. The Morgan fingerprint density at radius 3 is 2.36 bits per heavy atom. The molecule has 1 atom stereocenters. The molecule has 0 aromatic rings. The molecule has 3 heteroatoms. The first kappa shape index (κ1) is 11.5. The van der Waals surface area contributed by atoms with Gasteiger partial charge in [-0.2, -0.15) is 0 Å². The Hall–Kier alpha value is -0.570. The van der Waals surface area contributed by atoms with E-state index in [-0.39, 0.29) is 12.0 Å². The first-order valence-corrected chi connectivity index (χ1v) is 5.32. The van der Waals surface area contributed by atoms with Crippen LogP contribution in [-0.2, 0) is 9.53 Å².